The lowest BCUT2D eigenvalue weighted by molar-refractivity contribution is 0.0951. The number of aromatic nitrogens is 5. The number of carbonyl (C=O) groups is 1. The number of aromatic amines is 1. The van der Waals surface area contributed by atoms with Crippen molar-refractivity contribution in [1.29, 1.82) is 0 Å². The summed E-state index contributed by atoms with van der Waals surface area (Å²) in [5.74, 6) is 0.420. The minimum Gasteiger partial charge on any atom is -0.483 e. The van der Waals surface area contributed by atoms with E-state index in [0.717, 1.165) is 22.2 Å². The molecule has 8 nitrogen and oxygen atoms in total. The van der Waals surface area contributed by atoms with Crippen LogP contribution in [0, 0.1) is 0 Å². The molecule has 27 heavy (non-hydrogen) atoms. The van der Waals surface area contributed by atoms with Crippen molar-refractivity contribution >= 4 is 16.9 Å². The first-order valence-electron chi connectivity index (χ1n) is 8.55. The lowest BCUT2D eigenvalue weighted by Gasteiger charge is -2.17. The van der Waals surface area contributed by atoms with Gasteiger partial charge >= 0.3 is 0 Å². The van der Waals surface area contributed by atoms with Crippen molar-refractivity contribution in [3.63, 3.8) is 0 Å². The van der Waals surface area contributed by atoms with Crippen LogP contribution >= 0.6 is 0 Å². The van der Waals surface area contributed by atoms with Gasteiger partial charge in [0.25, 0.3) is 5.91 Å². The van der Waals surface area contributed by atoms with Gasteiger partial charge in [0, 0.05) is 30.6 Å². The monoisotopic (exact) mass is 360 g/mol. The van der Waals surface area contributed by atoms with Crippen molar-refractivity contribution in [3.05, 3.63) is 60.3 Å². The van der Waals surface area contributed by atoms with Crippen LogP contribution in [0.4, 0.5) is 0 Å². The molecule has 0 radical (unpaired) electrons. The maximum Gasteiger partial charge on any atom is 0.255 e. The van der Waals surface area contributed by atoms with Crippen molar-refractivity contribution in [2.24, 2.45) is 7.05 Å². The van der Waals surface area contributed by atoms with E-state index < -0.39 is 0 Å². The topological polar surface area (TPSA) is 97.7 Å². The third-order valence-electron chi connectivity index (χ3n) is 4.67. The number of rotatable bonds is 2. The van der Waals surface area contributed by atoms with Crippen LogP contribution in [0.3, 0.4) is 0 Å². The fourth-order valence-corrected chi connectivity index (χ4v) is 3.41. The fourth-order valence-electron chi connectivity index (χ4n) is 3.41. The Morgan fingerprint density at radius 2 is 2.15 bits per heavy atom. The van der Waals surface area contributed by atoms with Gasteiger partial charge < -0.3 is 15.0 Å². The average Bonchev–Trinajstić information content (AvgIpc) is 3.27. The maximum atomic E-state index is 12.3. The van der Waals surface area contributed by atoms with E-state index in [1.165, 1.54) is 6.33 Å². The van der Waals surface area contributed by atoms with Gasteiger partial charge in [0.2, 0.25) is 0 Å². The zero-order valence-corrected chi connectivity index (χ0v) is 14.5. The summed E-state index contributed by atoms with van der Waals surface area (Å²) in [5.41, 5.74) is 3.80. The quantitative estimate of drug-likeness (QED) is 0.571. The molecule has 0 saturated carbocycles. The number of nitrogens with zero attached hydrogens (tertiary/aromatic N) is 4. The normalized spacial score (nSPS) is 16.5. The Hall–Kier alpha value is -3.68. The Bertz CT molecular complexity index is 1160. The van der Waals surface area contributed by atoms with Crippen molar-refractivity contribution in [3.8, 4) is 17.0 Å². The second-order valence-corrected chi connectivity index (χ2v) is 6.41. The zero-order chi connectivity index (χ0) is 18.4. The number of hydrogen-bond acceptors (Lipinski definition) is 5. The molecule has 4 heterocycles. The summed E-state index contributed by atoms with van der Waals surface area (Å²) in [7, 11) is 1.86. The smallest absolute Gasteiger partial charge is 0.255 e. The molecule has 4 aromatic rings. The molecule has 1 atom stereocenters. The molecule has 0 bridgehead atoms. The number of amides is 1. The molecule has 0 fully saturated rings. The van der Waals surface area contributed by atoms with E-state index in [2.05, 4.69) is 25.4 Å². The Kier molecular flexibility index (Phi) is 3.43. The van der Waals surface area contributed by atoms with Crippen molar-refractivity contribution in [2.45, 2.75) is 6.10 Å². The third-order valence-corrected chi connectivity index (χ3v) is 4.67. The van der Waals surface area contributed by atoms with Crippen molar-refractivity contribution in [1.82, 2.24) is 30.0 Å². The molecule has 1 aliphatic rings. The highest BCUT2D eigenvalue weighted by Crippen LogP contribution is 2.35. The molecule has 0 aliphatic carbocycles. The summed E-state index contributed by atoms with van der Waals surface area (Å²) in [5, 5.41) is 8.04. The molecule has 2 N–H and O–H groups in total. The molecule has 3 aromatic heterocycles. The summed E-state index contributed by atoms with van der Waals surface area (Å²) in [4.78, 5) is 24.3. The highest BCUT2D eigenvalue weighted by molar-refractivity contribution is 5.98. The molecule has 0 spiro atoms. The van der Waals surface area contributed by atoms with Crippen LogP contribution in [0.1, 0.15) is 22.0 Å². The van der Waals surface area contributed by atoms with Crippen LogP contribution in [-0.2, 0) is 7.05 Å². The Balaban J connectivity index is 1.65. The lowest BCUT2D eigenvalue weighted by Crippen LogP contribution is -2.26. The number of carbonyl (C=O) groups excluding carboxylic acids is 1. The number of H-pyrrole nitrogens is 1. The van der Waals surface area contributed by atoms with Crippen molar-refractivity contribution in [2.75, 3.05) is 6.54 Å². The molecule has 1 unspecified atom stereocenters. The van der Waals surface area contributed by atoms with E-state index in [0.29, 0.717) is 23.5 Å². The molecule has 8 heteroatoms. The Labute approximate surface area is 154 Å². The minimum absolute atomic E-state index is 0.142. The van der Waals surface area contributed by atoms with E-state index in [-0.39, 0.29) is 12.0 Å². The molecule has 134 valence electrons. The van der Waals surface area contributed by atoms with Crippen LogP contribution in [-0.4, -0.2) is 37.2 Å². The number of para-hydroxylation sites is 1. The molecule has 1 aliphatic heterocycles. The van der Waals surface area contributed by atoms with Gasteiger partial charge in [-0.3, -0.25) is 9.48 Å². The first kappa shape index (κ1) is 15.6. The molecular formula is C19H16N6O2. The van der Waals surface area contributed by atoms with Gasteiger partial charge in [-0.25, -0.2) is 9.97 Å². The van der Waals surface area contributed by atoms with Gasteiger partial charge in [0.1, 0.15) is 23.8 Å². The first-order valence-corrected chi connectivity index (χ1v) is 8.55. The fraction of sp³-hybridized carbons (Fsp3) is 0.158. The Morgan fingerprint density at radius 3 is 3.00 bits per heavy atom. The van der Waals surface area contributed by atoms with Crippen LogP contribution in [0.25, 0.3) is 22.3 Å². The number of nitrogens with one attached hydrogen (secondary N) is 2. The predicted molar refractivity (Wildman–Crippen MR) is 98.2 cm³/mol. The van der Waals surface area contributed by atoms with E-state index in [1.807, 2.05) is 31.6 Å². The summed E-state index contributed by atoms with van der Waals surface area (Å²) in [6, 6.07) is 7.24. The molecule has 1 amide bonds. The van der Waals surface area contributed by atoms with Crippen LogP contribution < -0.4 is 10.1 Å². The standard InChI is InChI=1S/C19H16N6O2/c1-25-9-11(6-24-25)17-16-13(7-20-18(16)23-10-22-17)15-8-21-19(26)12-4-2-3-5-14(12)27-15/h2-7,9-10,15H,8H2,1H3,(H,21,26)(H,20,22,23). The summed E-state index contributed by atoms with van der Waals surface area (Å²) in [6.07, 6.45) is 6.69. The van der Waals surface area contributed by atoms with E-state index in [1.54, 1.807) is 23.0 Å². The van der Waals surface area contributed by atoms with Gasteiger partial charge in [-0.15, -0.1) is 0 Å². The van der Waals surface area contributed by atoms with Gasteiger partial charge in [0.05, 0.1) is 29.4 Å². The predicted octanol–water partition coefficient (Wildman–Crippen LogP) is 2.22. The minimum atomic E-state index is -0.368. The Morgan fingerprint density at radius 1 is 1.26 bits per heavy atom. The van der Waals surface area contributed by atoms with Crippen LogP contribution in [0.2, 0.25) is 0 Å². The number of hydrogen-bond donors (Lipinski definition) is 2. The number of aryl methyl sites for hydroxylation is 1. The number of ether oxygens (including phenoxy) is 1. The van der Waals surface area contributed by atoms with Gasteiger partial charge in [-0.2, -0.15) is 5.10 Å². The molecule has 0 saturated heterocycles. The highest BCUT2D eigenvalue weighted by atomic mass is 16.5. The second kappa shape index (κ2) is 5.94. The molecule has 1 aromatic carbocycles. The number of benzene rings is 1. The van der Waals surface area contributed by atoms with Gasteiger partial charge in [-0.1, -0.05) is 12.1 Å². The summed E-state index contributed by atoms with van der Waals surface area (Å²) >= 11 is 0. The van der Waals surface area contributed by atoms with Crippen molar-refractivity contribution < 1.29 is 9.53 Å². The van der Waals surface area contributed by atoms with Crippen LogP contribution in [0.5, 0.6) is 5.75 Å². The SMILES string of the molecule is Cn1cc(-c2ncnc3[nH]cc(C4CNC(=O)c5ccccc5O4)c23)cn1. The molecule has 5 rings (SSSR count). The van der Waals surface area contributed by atoms with E-state index >= 15 is 0 Å². The van der Waals surface area contributed by atoms with E-state index in [4.69, 9.17) is 4.74 Å². The first-order chi connectivity index (χ1) is 13.2. The zero-order valence-electron chi connectivity index (χ0n) is 14.5. The lowest BCUT2D eigenvalue weighted by atomic mass is 10.1. The molecular weight excluding hydrogens is 344 g/mol. The summed E-state index contributed by atoms with van der Waals surface area (Å²) < 4.78 is 7.93. The maximum absolute atomic E-state index is 12.3. The number of fused-ring (bicyclic) bond motifs is 2. The average molecular weight is 360 g/mol. The highest BCUT2D eigenvalue weighted by Gasteiger charge is 2.27. The van der Waals surface area contributed by atoms with Gasteiger partial charge in [0.15, 0.2) is 0 Å². The van der Waals surface area contributed by atoms with E-state index in [9.17, 15) is 4.79 Å². The largest absolute Gasteiger partial charge is 0.483 e. The second-order valence-electron chi connectivity index (χ2n) is 6.41. The van der Waals surface area contributed by atoms with Crippen LogP contribution in [0.15, 0.2) is 49.2 Å². The van der Waals surface area contributed by atoms with Gasteiger partial charge in [-0.05, 0) is 12.1 Å². The third kappa shape index (κ3) is 2.53. The summed E-state index contributed by atoms with van der Waals surface area (Å²) in [6.45, 7) is 0.349.